The Bertz CT molecular complexity index is 473. The van der Waals surface area contributed by atoms with E-state index in [0.29, 0.717) is 24.0 Å². The molecule has 0 saturated heterocycles. The summed E-state index contributed by atoms with van der Waals surface area (Å²) in [5.74, 6) is 0. The number of hydrogen-bond donors (Lipinski definition) is 2. The second-order valence-electron chi connectivity index (χ2n) is 5.56. The lowest BCUT2D eigenvalue weighted by Crippen LogP contribution is -2.36. The Balaban J connectivity index is 2.54. The third-order valence-electron chi connectivity index (χ3n) is 3.60. The zero-order valence-electron chi connectivity index (χ0n) is 13.3. The van der Waals surface area contributed by atoms with Crippen molar-refractivity contribution in [1.82, 2.24) is 15.1 Å². The molecule has 0 saturated carbocycles. The summed E-state index contributed by atoms with van der Waals surface area (Å²) in [6.45, 7) is 8.22. The highest BCUT2D eigenvalue weighted by Gasteiger charge is 2.22. The van der Waals surface area contributed by atoms with E-state index in [1.807, 2.05) is 0 Å². The molecule has 21 heavy (non-hydrogen) atoms. The Labute approximate surface area is 125 Å². The van der Waals surface area contributed by atoms with Gasteiger partial charge in [0.2, 0.25) is 0 Å². The van der Waals surface area contributed by atoms with Crippen LogP contribution >= 0.6 is 0 Å². The SMILES string of the molecule is CCCCC(C)NCC(O)Cn1nc(C)c([N+](=O)[O-])c1C. The van der Waals surface area contributed by atoms with E-state index in [1.54, 1.807) is 13.8 Å². The zero-order chi connectivity index (χ0) is 16.0. The fraction of sp³-hybridized carbons (Fsp3) is 0.786. The van der Waals surface area contributed by atoms with Crippen molar-refractivity contribution in [3.05, 3.63) is 21.5 Å². The van der Waals surface area contributed by atoms with Gasteiger partial charge in [-0.15, -0.1) is 0 Å². The summed E-state index contributed by atoms with van der Waals surface area (Å²) in [5, 5.41) is 28.4. The van der Waals surface area contributed by atoms with Gasteiger partial charge in [-0.25, -0.2) is 0 Å². The van der Waals surface area contributed by atoms with Gasteiger partial charge in [-0.2, -0.15) is 5.10 Å². The Morgan fingerprint density at radius 3 is 2.67 bits per heavy atom. The Hall–Kier alpha value is -1.47. The van der Waals surface area contributed by atoms with Crippen molar-refractivity contribution in [1.29, 1.82) is 0 Å². The molecule has 2 unspecified atom stereocenters. The number of aliphatic hydroxyl groups is 1. The van der Waals surface area contributed by atoms with Crippen molar-refractivity contribution in [2.45, 2.75) is 65.6 Å². The topological polar surface area (TPSA) is 93.2 Å². The molecule has 0 aliphatic rings. The first-order valence-corrected chi connectivity index (χ1v) is 7.46. The quantitative estimate of drug-likeness (QED) is 0.537. The van der Waals surface area contributed by atoms with Gasteiger partial charge in [-0.1, -0.05) is 19.8 Å². The van der Waals surface area contributed by atoms with E-state index in [0.717, 1.165) is 19.3 Å². The van der Waals surface area contributed by atoms with Crippen molar-refractivity contribution >= 4 is 5.69 Å². The average molecular weight is 298 g/mol. The number of hydrogen-bond acceptors (Lipinski definition) is 5. The molecule has 7 heteroatoms. The molecule has 2 atom stereocenters. The monoisotopic (exact) mass is 298 g/mol. The molecule has 1 heterocycles. The van der Waals surface area contributed by atoms with Gasteiger partial charge in [-0.05, 0) is 27.2 Å². The van der Waals surface area contributed by atoms with E-state index in [-0.39, 0.29) is 12.2 Å². The van der Waals surface area contributed by atoms with Crippen LogP contribution in [0.1, 0.15) is 44.5 Å². The number of nitro groups is 1. The number of aryl methyl sites for hydroxylation is 1. The highest BCUT2D eigenvalue weighted by atomic mass is 16.6. The number of unbranched alkanes of at least 4 members (excludes halogenated alkanes) is 1. The highest BCUT2D eigenvalue weighted by molar-refractivity contribution is 5.39. The lowest BCUT2D eigenvalue weighted by Gasteiger charge is -2.17. The van der Waals surface area contributed by atoms with Crippen LogP contribution in [0.25, 0.3) is 0 Å². The molecule has 0 amide bonds. The first-order valence-electron chi connectivity index (χ1n) is 7.46. The second kappa shape index (κ2) is 8.09. The van der Waals surface area contributed by atoms with Gasteiger partial charge < -0.3 is 10.4 Å². The zero-order valence-corrected chi connectivity index (χ0v) is 13.3. The van der Waals surface area contributed by atoms with E-state index >= 15 is 0 Å². The summed E-state index contributed by atoms with van der Waals surface area (Å²) >= 11 is 0. The van der Waals surface area contributed by atoms with Gasteiger partial charge >= 0.3 is 5.69 Å². The molecule has 1 aromatic rings. The largest absolute Gasteiger partial charge is 0.390 e. The number of aliphatic hydroxyl groups excluding tert-OH is 1. The van der Waals surface area contributed by atoms with Crippen LogP contribution in [0.15, 0.2) is 0 Å². The molecule has 0 radical (unpaired) electrons. The minimum absolute atomic E-state index is 0.0338. The molecule has 0 aliphatic carbocycles. The normalized spacial score (nSPS) is 14.1. The minimum atomic E-state index is -0.619. The number of nitrogens with zero attached hydrogens (tertiary/aromatic N) is 3. The molecule has 0 fully saturated rings. The van der Waals surface area contributed by atoms with E-state index in [2.05, 4.69) is 24.3 Å². The third kappa shape index (κ3) is 5.09. The molecule has 0 aliphatic heterocycles. The van der Waals surface area contributed by atoms with Crippen molar-refractivity contribution in [2.75, 3.05) is 6.54 Å². The van der Waals surface area contributed by atoms with E-state index in [1.165, 1.54) is 4.68 Å². The summed E-state index contributed by atoms with van der Waals surface area (Å²) in [4.78, 5) is 10.5. The van der Waals surface area contributed by atoms with Gasteiger partial charge in [-0.3, -0.25) is 14.8 Å². The van der Waals surface area contributed by atoms with Crippen LogP contribution < -0.4 is 5.32 Å². The molecule has 120 valence electrons. The van der Waals surface area contributed by atoms with Crippen LogP contribution in [0.3, 0.4) is 0 Å². The molecule has 0 aromatic carbocycles. The number of nitrogens with one attached hydrogen (secondary N) is 1. The molecule has 0 spiro atoms. The van der Waals surface area contributed by atoms with Crippen molar-refractivity contribution in [3.63, 3.8) is 0 Å². The Morgan fingerprint density at radius 2 is 2.14 bits per heavy atom. The molecular formula is C14H26N4O3. The van der Waals surface area contributed by atoms with Crippen molar-refractivity contribution in [3.8, 4) is 0 Å². The van der Waals surface area contributed by atoms with E-state index < -0.39 is 11.0 Å². The van der Waals surface area contributed by atoms with Crippen LogP contribution in [-0.2, 0) is 6.54 Å². The van der Waals surface area contributed by atoms with Gasteiger partial charge in [0.25, 0.3) is 0 Å². The van der Waals surface area contributed by atoms with Crippen LogP contribution in [-0.4, -0.2) is 38.5 Å². The fourth-order valence-corrected chi connectivity index (χ4v) is 2.34. The number of rotatable bonds is 9. The van der Waals surface area contributed by atoms with Crippen molar-refractivity contribution < 1.29 is 10.0 Å². The van der Waals surface area contributed by atoms with E-state index in [4.69, 9.17) is 0 Å². The first-order chi connectivity index (χ1) is 9.86. The standard InChI is InChI=1S/C14H26N4O3/c1-5-6-7-10(2)15-8-13(19)9-17-12(4)14(18(20)21)11(3)16-17/h10,13,15,19H,5-9H2,1-4H3. The summed E-state index contributed by atoms with van der Waals surface area (Å²) in [6, 6.07) is 0.356. The predicted molar refractivity (Wildman–Crippen MR) is 81.4 cm³/mol. The maximum atomic E-state index is 10.9. The smallest absolute Gasteiger partial charge is 0.312 e. The summed E-state index contributed by atoms with van der Waals surface area (Å²) in [6.07, 6.45) is 2.78. The lowest BCUT2D eigenvalue weighted by molar-refractivity contribution is -0.386. The minimum Gasteiger partial charge on any atom is -0.390 e. The van der Waals surface area contributed by atoms with Gasteiger partial charge in [0, 0.05) is 12.6 Å². The molecule has 1 aromatic heterocycles. The van der Waals surface area contributed by atoms with Gasteiger partial charge in [0.05, 0.1) is 17.6 Å². The van der Waals surface area contributed by atoms with E-state index in [9.17, 15) is 15.2 Å². The molecule has 1 rings (SSSR count). The Kier molecular flexibility index (Phi) is 6.77. The average Bonchev–Trinajstić information content (AvgIpc) is 2.68. The maximum Gasteiger partial charge on any atom is 0.312 e. The van der Waals surface area contributed by atoms with Crippen LogP contribution in [0.4, 0.5) is 5.69 Å². The lowest BCUT2D eigenvalue weighted by atomic mass is 10.1. The third-order valence-corrected chi connectivity index (χ3v) is 3.60. The van der Waals surface area contributed by atoms with Gasteiger partial charge in [0.1, 0.15) is 11.4 Å². The summed E-state index contributed by atoms with van der Waals surface area (Å²) in [7, 11) is 0. The highest BCUT2D eigenvalue weighted by Crippen LogP contribution is 2.21. The van der Waals surface area contributed by atoms with Gasteiger partial charge in [0.15, 0.2) is 0 Å². The van der Waals surface area contributed by atoms with Crippen LogP contribution in [0.2, 0.25) is 0 Å². The molecule has 0 bridgehead atoms. The van der Waals surface area contributed by atoms with Crippen LogP contribution in [0, 0.1) is 24.0 Å². The van der Waals surface area contributed by atoms with Crippen molar-refractivity contribution in [2.24, 2.45) is 0 Å². The molecule has 7 nitrogen and oxygen atoms in total. The summed E-state index contributed by atoms with van der Waals surface area (Å²) < 4.78 is 1.51. The molecular weight excluding hydrogens is 272 g/mol. The summed E-state index contributed by atoms with van der Waals surface area (Å²) in [5.41, 5.74) is 0.899. The van der Waals surface area contributed by atoms with Crippen LogP contribution in [0.5, 0.6) is 0 Å². The Morgan fingerprint density at radius 1 is 1.48 bits per heavy atom. The second-order valence-corrected chi connectivity index (χ2v) is 5.56. The maximum absolute atomic E-state index is 10.9. The molecule has 2 N–H and O–H groups in total. The predicted octanol–water partition coefficient (Wildman–Crippen LogP) is 1.94. The first kappa shape index (κ1) is 17.6. The number of aromatic nitrogens is 2. The fourth-order valence-electron chi connectivity index (χ4n) is 2.34.